The minimum Gasteiger partial charge on any atom is -0.490 e. The number of thiophene rings is 1. The van der Waals surface area contributed by atoms with Crippen molar-refractivity contribution >= 4 is 52.9 Å². The first-order chi connectivity index (χ1) is 12.0. The predicted molar refractivity (Wildman–Crippen MR) is 120 cm³/mol. The molecule has 144 valence electrons. The monoisotopic (exact) mass is 509 g/mol. The van der Waals surface area contributed by atoms with Crippen LogP contribution in [-0.4, -0.2) is 37.3 Å². The lowest BCUT2D eigenvalue weighted by atomic mass is 10.1. The molecule has 1 unspecified atom stereocenters. The van der Waals surface area contributed by atoms with E-state index in [-0.39, 0.29) is 30.5 Å². The van der Waals surface area contributed by atoms with Crippen molar-refractivity contribution in [2.45, 2.75) is 19.4 Å². The molecule has 0 saturated carbocycles. The Morgan fingerprint density at radius 3 is 2.69 bits per heavy atom. The Balaban J connectivity index is 0.00000338. The number of rotatable bonds is 8. The van der Waals surface area contributed by atoms with Crippen molar-refractivity contribution in [3.63, 3.8) is 0 Å². The van der Waals surface area contributed by atoms with Gasteiger partial charge in [0.25, 0.3) is 0 Å². The highest BCUT2D eigenvalue weighted by Crippen LogP contribution is 2.25. The number of ether oxygens (including phenoxy) is 1. The van der Waals surface area contributed by atoms with Gasteiger partial charge in [-0.1, -0.05) is 29.8 Å². The maximum atomic E-state index is 10.6. The fourth-order valence-corrected chi connectivity index (χ4v) is 3.10. The van der Waals surface area contributed by atoms with Crippen molar-refractivity contribution < 1.29 is 9.84 Å². The molecule has 1 aromatic carbocycles. The van der Waals surface area contributed by atoms with Crippen molar-refractivity contribution in [2.24, 2.45) is 4.99 Å². The van der Waals surface area contributed by atoms with Crippen LogP contribution >= 0.6 is 46.9 Å². The molecule has 8 heteroatoms. The van der Waals surface area contributed by atoms with E-state index in [1.165, 1.54) is 11.3 Å². The predicted octanol–water partition coefficient (Wildman–Crippen LogP) is 3.86. The summed E-state index contributed by atoms with van der Waals surface area (Å²) >= 11 is 7.58. The van der Waals surface area contributed by atoms with Crippen molar-refractivity contribution in [3.05, 3.63) is 51.7 Å². The maximum absolute atomic E-state index is 10.6. The molecule has 5 nitrogen and oxygen atoms in total. The minimum absolute atomic E-state index is 0. The minimum atomic E-state index is -0.982. The van der Waals surface area contributed by atoms with Crippen LogP contribution in [0.3, 0.4) is 0 Å². The van der Waals surface area contributed by atoms with Gasteiger partial charge in [0.1, 0.15) is 18.0 Å². The molecule has 0 aliphatic heterocycles. The quantitative estimate of drug-likeness (QED) is 0.219. The number of nitrogens with zero attached hydrogens (tertiary/aromatic N) is 1. The maximum Gasteiger partial charge on any atom is 0.191 e. The van der Waals surface area contributed by atoms with E-state index < -0.39 is 5.60 Å². The van der Waals surface area contributed by atoms with Crippen LogP contribution in [0.2, 0.25) is 5.02 Å². The molecule has 3 N–H and O–H groups in total. The summed E-state index contributed by atoms with van der Waals surface area (Å²) in [5.74, 6) is 1.30. The van der Waals surface area contributed by atoms with Gasteiger partial charge in [0, 0.05) is 11.4 Å². The van der Waals surface area contributed by atoms with Crippen molar-refractivity contribution in [3.8, 4) is 5.75 Å². The van der Waals surface area contributed by atoms with E-state index >= 15 is 0 Å². The van der Waals surface area contributed by atoms with Crippen LogP contribution in [0.15, 0.2) is 46.8 Å². The number of guanidine groups is 1. The van der Waals surface area contributed by atoms with Crippen LogP contribution in [0.1, 0.15) is 18.7 Å². The first-order valence-corrected chi connectivity index (χ1v) is 9.44. The lowest BCUT2D eigenvalue weighted by Crippen LogP contribution is -2.40. The van der Waals surface area contributed by atoms with Crippen LogP contribution < -0.4 is 15.4 Å². The number of aliphatic imine (C=N–C) groups is 1. The fourth-order valence-electron chi connectivity index (χ4n) is 2.13. The zero-order chi connectivity index (χ0) is 18.1. The third kappa shape index (κ3) is 7.30. The summed E-state index contributed by atoms with van der Waals surface area (Å²) in [7, 11) is 0. The summed E-state index contributed by atoms with van der Waals surface area (Å²) in [6, 6.07) is 11.2. The number of halogens is 2. The zero-order valence-corrected chi connectivity index (χ0v) is 18.8. The molecular formula is C18H25ClIN3O2S. The van der Waals surface area contributed by atoms with Crippen LogP contribution in [-0.2, 0) is 5.60 Å². The molecule has 1 atom stereocenters. The molecule has 2 rings (SSSR count). The summed E-state index contributed by atoms with van der Waals surface area (Å²) in [4.78, 5) is 5.37. The van der Waals surface area contributed by atoms with E-state index in [2.05, 4.69) is 15.6 Å². The Morgan fingerprint density at radius 2 is 2.04 bits per heavy atom. The molecule has 0 amide bonds. The van der Waals surface area contributed by atoms with Gasteiger partial charge in [-0.25, -0.2) is 4.99 Å². The molecule has 0 aliphatic rings. The first kappa shape index (κ1) is 23.0. The van der Waals surface area contributed by atoms with E-state index in [4.69, 9.17) is 16.3 Å². The average Bonchev–Trinajstić information content (AvgIpc) is 3.13. The van der Waals surface area contributed by atoms with E-state index in [1.807, 2.05) is 42.6 Å². The van der Waals surface area contributed by atoms with Gasteiger partial charge in [-0.05, 0) is 37.4 Å². The van der Waals surface area contributed by atoms with Crippen LogP contribution in [0.4, 0.5) is 0 Å². The zero-order valence-electron chi connectivity index (χ0n) is 14.9. The van der Waals surface area contributed by atoms with E-state index in [0.29, 0.717) is 29.9 Å². The van der Waals surface area contributed by atoms with E-state index in [9.17, 15) is 5.11 Å². The van der Waals surface area contributed by atoms with Gasteiger partial charge in [-0.15, -0.1) is 35.3 Å². The normalized spacial score (nSPS) is 13.5. The van der Waals surface area contributed by atoms with Gasteiger partial charge in [0.2, 0.25) is 0 Å². The first-order valence-electron chi connectivity index (χ1n) is 8.19. The van der Waals surface area contributed by atoms with Crippen LogP contribution in [0.25, 0.3) is 0 Å². The van der Waals surface area contributed by atoms with E-state index in [0.717, 1.165) is 11.4 Å². The lowest BCUT2D eigenvalue weighted by Gasteiger charge is -2.20. The smallest absolute Gasteiger partial charge is 0.191 e. The standard InChI is InChI=1S/C18H24ClN3O2S.HI/c1-3-20-17(22-13-18(2,23)16-9-6-12-25-16)21-10-11-24-15-8-5-4-7-14(15)19;/h4-9,12,23H,3,10-11,13H2,1-2H3,(H2,20,21,22);1H. The second kappa shape index (κ2) is 11.6. The fraction of sp³-hybridized carbons (Fsp3) is 0.389. The molecule has 0 aliphatic carbocycles. The molecule has 0 saturated heterocycles. The number of nitrogens with one attached hydrogen (secondary N) is 2. The molecular weight excluding hydrogens is 485 g/mol. The third-order valence-corrected chi connectivity index (χ3v) is 4.87. The number of aliphatic hydroxyl groups is 1. The molecule has 0 bridgehead atoms. The molecule has 26 heavy (non-hydrogen) atoms. The molecule has 1 aromatic heterocycles. The Labute approximate surface area is 180 Å². The average molecular weight is 510 g/mol. The van der Waals surface area contributed by atoms with Crippen LogP contribution in [0.5, 0.6) is 5.75 Å². The third-order valence-electron chi connectivity index (χ3n) is 3.43. The van der Waals surface area contributed by atoms with Gasteiger partial charge in [0.05, 0.1) is 18.1 Å². The van der Waals surface area contributed by atoms with Gasteiger partial charge < -0.3 is 20.5 Å². The van der Waals surface area contributed by atoms with Crippen molar-refractivity contribution in [1.29, 1.82) is 0 Å². The summed E-state index contributed by atoms with van der Waals surface area (Å²) in [6.07, 6.45) is 0. The highest BCUT2D eigenvalue weighted by atomic mass is 127. The second-order valence-corrected chi connectivity index (χ2v) is 7.01. The molecule has 0 fully saturated rings. The number of benzene rings is 1. The summed E-state index contributed by atoms with van der Waals surface area (Å²) < 4.78 is 5.64. The highest BCUT2D eigenvalue weighted by molar-refractivity contribution is 14.0. The van der Waals surface area contributed by atoms with Crippen molar-refractivity contribution in [1.82, 2.24) is 10.6 Å². The number of hydrogen-bond acceptors (Lipinski definition) is 4. The summed E-state index contributed by atoms with van der Waals surface area (Å²) in [6.45, 7) is 5.79. The van der Waals surface area contributed by atoms with Gasteiger partial charge in [0.15, 0.2) is 5.96 Å². The summed E-state index contributed by atoms with van der Waals surface area (Å²) in [5.41, 5.74) is -0.982. The Hall–Kier alpha value is -1.03. The lowest BCUT2D eigenvalue weighted by molar-refractivity contribution is 0.0711. The van der Waals surface area contributed by atoms with Gasteiger partial charge in [-0.3, -0.25) is 0 Å². The second-order valence-electron chi connectivity index (χ2n) is 5.65. The molecule has 0 radical (unpaired) electrons. The van der Waals surface area contributed by atoms with Crippen molar-refractivity contribution in [2.75, 3.05) is 26.2 Å². The van der Waals surface area contributed by atoms with Gasteiger partial charge >= 0.3 is 0 Å². The van der Waals surface area contributed by atoms with Gasteiger partial charge in [-0.2, -0.15) is 0 Å². The van der Waals surface area contributed by atoms with Crippen LogP contribution in [0, 0.1) is 0 Å². The SMILES string of the molecule is CCNC(=NCC(C)(O)c1cccs1)NCCOc1ccccc1Cl.I. The Morgan fingerprint density at radius 1 is 1.27 bits per heavy atom. The number of hydrogen-bond donors (Lipinski definition) is 3. The number of para-hydroxylation sites is 1. The molecule has 1 heterocycles. The topological polar surface area (TPSA) is 65.9 Å². The Kier molecular flexibility index (Phi) is 10.3. The van der Waals surface area contributed by atoms with E-state index in [1.54, 1.807) is 13.0 Å². The largest absolute Gasteiger partial charge is 0.490 e. The molecule has 0 spiro atoms. The summed E-state index contributed by atoms with van der Waals surface area (Å²) in [5, 5.41) is 19.4. The highest BCUT2D eigenvalue weighted by Gasteiger charge is 2.23. The molecule has 2 aromatic rings. The Bertz CT molecular complexity index is 681.